The zero-order chi connectivity index (χ0) is 12.9. The van der Waals surface area contributed by atoms with Crippen molar-refractivity contribution < 1.29 is 32.2 Å². The molecule has 0 rings (SSSR count). The summed E-state index contributed by atoms with van der Waals surface area (Å²) in [5.41, 5.74) is 0. The molecule has 94 valence electrons. The maximum atomic E-state index is 12.4. The first kappa shape index (κ1) is 14.5. The van der Waals surface area contributed by atoms with Crippen molar-refractivity contribution in [3.63, 3.8) is 0 Å². The van der Waals surface area contributed by atoms with Gasteiger partial charge in [-0.2, -0.15) is 13.2 Å². The Morgan fingerprint density at radius 3 is 2.00 bits per heavy atom. The highest BCUT2D eigenvalue weighted by molar-refractivity contribution is 5.81. The highest BCUT2D eigenvalue weighted by Crippen LogP contribution is 2.28. The van der Waals surface area contributed by atoms with Gasteiger partial charge in [0.1, 0.15) is 6.04 Å². The second-order valence-electron chi connectivity index (χ2n) is 2.97. The van der Waals surface area contributed by atoms with Crippen molar-refractivity contribution in [3.8, 4) is 0 Å². The van der Waals surface area contributed by atoms with E-state index < -0.39 is 30.2 Å². The number of methoxy groups -OCH3 is 2. The van der Waals surface area contributed by atoms with Crippen molar-refractivity contribution in [2.45, 2.75) is 19.1 Å². The van der Waals surface area contributed by atoms with Gasteiger partial charge in [0.05, 0.1) is 20.1 Å². The molecule has 0 radical (unpaired) electrons. The second-order valence-corrected chi connectivity index (χ2v) is 2.97. The molecule has 8 heteroatoms. The molecule has 1 amide bonds. The number of ether oxygens (including phenoxy) is 2. The number of alkyl carbamates (subject to hydrolysis) is 1. The summed E-state index contributed by atoms with van der Waals surface area (Å²) in [4.78, 5) is 21.8. The van der Waals surface area contributed by atoms with Crippen LogP contribution in [-0.4, -0.2) is 38.5 Å². The van der Waals surface area contributed by atoms with E-state index in [4.69, 9.17) is 0 Å². The molecule has 1 N–H and O–H groups in total. The molecular weight excluding hydrogens is 231 g/mol. The molecule has 16 heavy (non-hydrogen) atoms. The Balaban J connectivity index is 4.81. The average molecular weight is 243 g/mol. The van der Waals surface area contributed by atoms with E-state index in [1.807, 2.05) is 0 Å². The topological polar surface area (TPSA) is 64.6 Å². The number of hydrogen-bond donors (Lipinski definition) is 1. The van der Waals surface area contributed by atoms with Crippen molar-refractivity contribution in [3.05, 3.63) is 0 Å². The van der Waals surface area contributed by atoms with Gasteiger partial charge in [-0.3, -0.25) is 0 Å². The van der Waals surface area contributed by atoms with E-state index in [1.54, 1.807) is 5.32 Å². The minimum Gasteiger partial charge on any atom is -0.467 e. The zero-order valence-corrected chi connectivity index (χ0v) is 8.92. The summed E-state index contributed by atoms with van der Waals surface area (Å²) in [5, 5.41) is 1.77. The lowest BCUT2D eigenvalue weighted by atomic mass is 10.0. The van der Waals surface area contributed by atoms with Gasteiger partial charge in [-0.1, -0.05) is 6.92 Å². The lowest BCUT2D eigenvalue weighted by Gasteiger charge is -2.24. The molecule has 0 spiro atoms. The van der Waals surface area contributed by atoms with Crippen molar-refractivity contribution >= 4 is 12.1 Å². The Morgan fingerprint density at radius 2 is 1.69 bits per heavy atom. The predicted molar refractivity (Wildman–Crippen MR) is 46.6 cm³/mol. The van der Waals surface area contributed by atoms with E-state index >= 15 is 0 Å². The monoisotopic (exact) mass is 243 g/mol. The predicted octanol–water partition coefficient (Wildman–Crippen LogP) is 1.08. The maximum Gasteiger partial charge on any atom is 0.407 e. The summed E-state index contributed by atoms with van der Waals surface area (Å²) in [6.07, 6.45) is -5.76. The van der Waals surface area contributed by atoms with E-state index in [1.165, 1.54) is 0 Å². The molecule has 0 saturated heterocycles. The van der Waals surface area contributed by atoms with Crippen LogP contribution in [0.15, 0.2) is 0 Å². The zero-order valence-electron chi connectivity index (χ0n) is 8.92. The third-order valence-corrected chi connectivity index (χ3v) is 1.93. The van der Waals surface area contributed by atoms with Gasteiger partial charge in [-0.05, 0) is 0 Å². The first-order valence-corrected chi connectivity index (χ1v) is 4.23. The number of carbonyl (C=O) groups is 2. The van der Waals surface area contributed by atoms with Gasteiger partial charge in [0.2, 0.25) is 0 Å². The van der Waals surface area contributed by atoms with Gasteiger partial charge in [-0.25, -0.2) is 9.59 Å². The van der Waals surface area contributed by atoms with Crippen LogP contribution in [0, 0.1) is 5.92 Å². The molecule has 0 heterocycles. The fourth-order valence-electron chi connectivity index (χ4n) is 0.890. The number of rotatable bonds is 3. The van der Waals surface area contributed by atoms with Gasteiger partial charge in [0.25, 0.3) is 0 Å². The molecule has 0 saturated carbocycles. The van der Waals surface area contributed by atoms with Crippen LogP contribution in [0.2, 0.25) is 0 Å². The van der Waals surface area contributed by atoms with Crippen molar-refractivity contribution in [1.29, 1.82) is 0 Å². The minimum absolute atomic E-state index is 0.761. The van der Waals surface area contributed by atoms with Gasteiger partial charge in [-0.15, -0.1) is 0 Å². The van der Waals surface area contributed by atoms with Crippen LogP contribution in [0.5, 0.6) is 0 Å². The Bertz CT molecular complexity index is 266. The Morgan fingerprint density at radius 1 is 1.19 bits per heavy atom. The standard InChI is InChI=1S/C8H12F3NO4/c1-4(8(9,10)11)5(6(13)15-2)12-7(14)16-3/h4-5H,1-3H3,(H,12,14). The molecule has 2 unspecified atom stereocenters. The number of amides is 1. The van der Waals surface area contributed by atoms with E-state index in [9.17, 15) is 22.8 Å². The quantitative estimate of drug-likeness (QED) is 0.753. The van der Waals surface area contributed by atoms with Gasteiger partial charge in [0.15, 0.2) is 0 Å². The summed E-state index contributed by atoms with van der Waals surface area (Å²) < 4.78 is 45.3. The normalized spacial score (nSPS) is 14.9. The fourth-order valence-corrected chi connectivity index (χ4v) is 0.890. The molecule has 0 aromatic rings. The lowest BCUT2D eigenvalue weighted by Crippen LogP contribution is -2.50. The fraction of sp³-hybridized carbons (Fsp3) is 0.750. The molecule has 0 aliphatic rings. The lowest BCUT2D eigenvalue weighted by molar-refractivity contribution is -0.185. The summed E-state index contributed by atoms with van der Waals surface area (Å²) in [6.45, 7) is 0.761. The van der Waals surface area contributed by atoms with Crippen molar-refractivity contribution in [2.75, 3.05) is 14.2 Å². The third kappa shape index (κ3) is 3.95. The Hall–Kier alpha value is -1.47. The molecule has 0 aromatic heterocycles. The number of alkyl halides is 3. The van der Waals surface area contributed by atoms with Crippen LogP contribution in [0.4, 0.5) is 18.0 Å². The summed E-state index contributed by atoms with van der Waals surface area (Å²) in [5.74, 6) is -3.26. The molecule has 2 atom stereocenters. The van der Waals surface area contributed by atoms with Crippen molar-refractivity contribution in [1.82, 2.24) is 5.32 Å². The number of halogens is 3. The van der Waals surface area contributed by atoms with Crippen LogP contribution in [0.3, 0.4) is 0 Å². The van der Waals surface area contributed by atoms with Crippen LogP contribution in [-0.2, 0) is 14.3 Å². The van der Waals surface area contributed by atoms with Gasteiger partial charge < -0.3 is 14.8 Å². The molecule has 0 bridgehead atoms. The number of nitrogens with one attached hydrogen (secondary N) is 1. The summed E-state index contributed by atoms with van der Waals surface area (Å²) in [7, 11) is 1.90. The van der Waals surface area contributed by atoms with E-state index in [0.717, 1.165) is 21.1 Å². The highest BCUT2D eigenvalue weighted by Gasteiger charge is 2.45. The van der Waals surface area contributed by atoms with E-state index in [0.29, 0.717) is 0 Å². The summed E-state index contributed by atoms with van der Waals surface area (Å²) >= 11 is 0. The van der Waals surface area contributed by atoms with Crippen LogP contribution < -0.4 is 5.32 Å². The molecule has 0 aromatic carbocycles. The number of carbonyl (C=O) groups excluding carboxylic acids is 2. The van der Waals surface area contributed by atoms with Crippen molar-refractivity contribution in [2.24, 2.45) is 5.92 Å². The van der Waals surface area contributed by atoms with Crippen LogP contribution in [0.25, 0.3) is 0 Å². The van der Waals surface area contributed by atoms with E-state index in [2.05, 4.69) is 9.47 Å². The third-order valence-electron chi connectivity index (χ3n) is 1.93. The minimum atomic E-state index is -4.63. The van der Waals surface area contributed by atoms with Gasteiger partial charge in [0, 0.05) is 0 Å². The molecule has 0 aliphatic heterocycles. The molecule has 0 aliphatic carbocycles. The Kier molecular flexibility index (Phi) is 5.06. The smallest absolute Gasteiger partial charge is 0.407 e. The first-order valence-electron chi connectivity index (χ1n) is 4.23. The molecule has 0 fully saturated rings. The molecular formula is C8H12F3NO4. The largest absolute Gasteiger partial charge is 0.467 e. The highest BCUT2D eigenvalue weighted by atomic mass is 19.4. The van der Waals surface area contributed by atoms with Crippen LogP contribution >= 0.6 is 0 Å². The SMILES string of the molecule is COC(=O)NC(C(=O)OC)C(C)C(F)(F)F. The molecule has 5 nitrogen and oxygen atoms in total. The number of hydrogen-bond acceptors (Lipinski definition) is 4. The number of esters is 1. The Labute approximate surface area is 89.9 Å². The van der Waals surface area contributed by atoms with Gasteiger partial charge >= 0.3 is 18.2 Å². The second kappa shape index (κ2) is 5.57. The first-order chi connectivity index (χ1) is 7.23. The average Bonchev–Trinajstić information content (AvgIpc) is 2.22. The summed E-state index contributed by atoms with van der Waals surface area (Å²) in [6, 6.07) is -1.82. The van der Waals surface area contributed by atoms with Crippen LogP contribution in [0.1, 0.15) is 6.92 Å². The van der Waals surface area contributed by atoms with E-state index in [-0.39, 0.29) is 0 Å². The maximum absolute atomic E-state index is 12.4.